The summed E-state index contributed by atoms with van der Waals surface area (Å²) in [5, 5.41) is 5.91. The molecule has 1 aromatic rings. The average Bonchev–Trinajstić information content (AvgIpc) is 2.62. The molecule has 0 spiro atoms. The Kier molecular flexibility index (Phi) is 8.65. The van der Waals surface area contributed by atoms with Gasteiger partial charge in [0.1, 0.15) is 0 Å². The zero-order valence-electron chi connectivity index (χ0n) is 16.6. The number of nitrogens with one attached hydrogen (secondary N) is 2. The van der Waals surface area contributed by atoms with Crippen molar-refractivity contribution in [2.75, 3.05) is 11.1 Å². The fourth-order valence-corrected chi connectivity index (χ4v) is 5.11. The number of anilines is 1. The molecule has 5 nitrogen and oxygen atoms in total. The van der Waals surface area contributed by atoms with E-state index in [0.717, 1.165) is 36.9 Å². The van der Waals surface area contributed by atoms with Crippen molar-refractivity contribution in [2.24, 2.45) is 17.6 Å². The van der Waals surface area contributed by atoms with E-state index in [1.54, 1.807) is 0 Å². The largest absolute Gasteiger partial charge is 0.352 e. The van der Waals surface area contributed by atoms with Crippen LogP contribution in [0.5, 0.6) is 0 Å². The number of carbonyl (C=O) groups is 2. The first-order chi connectivity index (χ1) is 12.9. The van der Waals surface area contributed by atoms with Gasteiger partial charge in [-0.15, -0.1) is 24.2 Å². The lowest BCUT2D eigenvalue weighted by Gasteiger charge is -2.45. The number of halogens is 1. The van der Waals surface area contributed by atoms with Crippen LogP contribution in [-0.2, 0) is 9.59 Å². The molecule has 2 bridgehead atoms. The lowest BCUT2D eigenvalue weighted by atomic mass is 9.67. The van der Waals surface area contributed by atoms with Crippen LogP contribution < -0.4 is 16.4 Å². The van der Waals surface area contributed by atoms with E-state index in [-0.39, 0.29) is 47.3 Å². The third kappa shape index (κ3) is 6.13. The lowest BCUT2D eigenvalue weighted by molar-refractivity contribution is -0.122. The number of aryl methyl sites for hydroxylation is 1. The van der Waals surface area contributed by atoms with Crippen LogP contribution >= 0.6 is 24.2 Å². The van der Waals surface area contributed by atoms with Gasteiger partial charge in [-0.1, -0.05) is 24.1 Å². The molecule has 3 unspecified atom stereocenters. The zero-order valence-corrected chi connectivity index (χ0v) is 18.3. The van der Waals surface area contributed by atoms with Gasteiger partial charge < -0.3 is 16.4 Å². The second-order valence-corrected chi connectivity index (χ2v) is 9.41. The van der Waals surface area contributed by atoms with Crippen molar-refractivity contribution < 1.29 is 9.59 Å². The Morgan fingerprint density at radius 2 is 1.79 bits per heavy atom. The predicted molar refractivity (Wildman–Crippen MR) is 119 cm³/mol. The number of hydrogen-bond acceptors (Lipinski definition) is 4. The Hall–Kier alpha value is -1.24. The van der Waals surface area contributed by atoms with Crippen LogP contribution in [-0.4, -0.2) is 34.9 Å². The second kappa shape index (κ2) is 10.5. The number of thioether (sulfide) groups is 1. The van der Waals surface area contributed by atoms with E-state index < -0.39 is 0 Å². The summed E-state index contributed by atoms with van der Waals surface area (Å²) < 4.78 is 0. The van der Waals surface area contributed by atoms with Crippen LogP contribution in [0.2, 0.25) is 0 Å². The summed E-state index contributed by atoms with van der Waals surface area (Å²) in [5.41, 5.74) is 8.11. The molecule has 0 saturated heterocycles. The van der Waals surface area contributed by atoms with Crippen LogP contribution in [0.1, 0.15) is 44.6 Å². The van der Waals surface area contributed by atoms with Gasteiger partial charge in [0.2, 0.25) is 11.8 Å². The molecule has 0 aromatic heterocycles. The van der Waals surface area contributed by atoms with Crippen LogP contribution in [0.4, 0.5) is 5.69 Å². The summed E-state index contributed by atoms with van der Waals surface area (Å²) in [4.78, 5) is 24.8. The van der Waals surface area contributed by atoms with E-state index >= 15 is 0 Å². The highest BCUT2D eigenvalue weighted by Gasteiger charge is 2.40. The van der Waals surface area contributed by atoms with Crippen molar-refractivity contribution >= 4 is 41.7 Å². The van der Waals surface area contributed by atoms with E-state index in [1.807, 2.05) is 38.1 Å². The molecule has 3 atom stereocenters. The average molecular weight is 426 g/mol. The normalized spacial score (nSPS) is 27.2. The minimum atomic E-state index is -0.245. The van der Waals surface area contributed by atoms with Crippen molar-refractivity contribution in [3.8, 4) is 0 Å². The maximum atomic E-state index is 12.6. The third-order valence-corrected chi connectivity index (χ3v) is 7.00. The Bertz CT molecular complexity index is 656. The van der Waals surface area contributed by atoms with Crippen LogP contribution in [0, 0.1) is 18.8 Å². The van der Waals surface area contributed by atoms with Gasteiger partial charge in [-0.25, -0.2) is 0 Å². The van der Waals surface area contributed by atoms with Crippen molar-refractivity contribution in [2.45, 2.75) is 63.3 Å². The molecular weight excluding hydrogens is 394 g/mol. The van der Waals surface area contributed by atoms with Crippen LogP contribution in [0.15, 0.2) is 24.3 Å². The Morgan fingerprint density at radius 3 is 2.39 bits per heavy atom. The van der Waals surface area contributed by atoms with Gasteiger partial charge in [0.05, 0.1) is 11.0 Å². The molecule has 2 fully saturated rings. The number of carbonyl (C=O) groups excluding carboxylic acids is 2. The standard InChI is InChI=1S/C21H31N3O2S.ClH/c1-13-6-8-18(9-7-13)23-19(25)12-27-14(2)21(26)24-20-15-4-3-5-16(20)11-17(22)10-15;/h6-9,14-17,20H,3-5,10-12,22H2,1-2H3,(H,23,25)(H,24,26);1H. The Balaban J connectivity index is 0.00000280. The van der Waals surface area contributed by atoms with E-state index in [2.05, 4.69) is 10.6 Å². The van der Waals surface area contributed by atoms with E-state index in [0.29, 0.717) is 11.8 Å². The van der Waals surface area contributed by atoms with Gasteiger partial charge in [0.25, 0.3) is 0 Å². The molecule has 2 aliphatic carbocycles. The SMILES string of the molecule is Cc1ccc(NC(=O)CSC(C)C(=O)NC2C3CCCC2CC(N)C3)cc1.Cl. The molecule has 2 aliphatic rings. The van der Waals surface area contributed by atoms with E-state index in [4.69, 9.17) is 5.73 Å². The Labute approximate surface area is 178 Å². The van der Waals surface area contributed by atoms with Gasteiger partial charge in [-0.2, -0.15) is 0 Å². The van der Waals surface area contributed by atoms with Gasteiger partial charge in [-0.3, -0.25) is 9.59 Å². The molecule has 0 radical (unpaired) electrons. The zero-order chi connectivity index (χ0) is 19.4. The summed E-state index contributed by atoms with van der Waals surface area (Å²) in [5.74, 6) is 1.26. The number of benzene rings is 1. The molecular formula is C21H32ClN3O2S. The molecule has 0 heterocycles. The number of hydrogen-bond donors (Lipinski definition) is 3. The molecule has 1 aromatic carbocycles. The van der Waals surface area contributed by atoms with Gasteiger partial charge in [0, 0.05) is 17.8 Å². The van der Waals surface area contributed by atoms with E-state index in [1.165, 1.54) is 18.2 Å². The van der Waals surface area contributed by atoms with Crippen molar-refractivity contribution in [1.82, 2.24) is 5.32 Å². The van der Waals surface area contributed by atoms with Crippen molar-refractivity contribution in [1.29, 1.82) is 0 Å². The summed E-state index contributed by atoms with van der Waals surface area (Å²) in [6, 6.07) is 8.25. The number of rotatable bonds is 6. The fourth-order valence-electron chi connectivity index (χ4n) is 4.42. The lowest BCUT2D eigenvalue weighted by Crippen LogP contribution is -2.55. The topological polar surface area (TPSA) is 84.2 Å². The maximum absolute atomic E-state index is 12.6. The third-order valence-electron chi connectivity index (χ3n) is 5.85. The predicted octanol–water partition coefficient (Wildman–Crippen LogP) is 3.50. The maximum Gasteiger partial charge on any atom is 0.234 e. The first-order valence-electron chi connectivity index (χ1n) is 9.96. The van der Waals surface area contributed by atoms with Gasteiger partial charge >= 0.3 is 0 Å². The van der Waals surface area contributed by atoms with Crippen LogP contribution in [0.3, 0.4) is 0 Å². The molecule has 3 rings (SSSR count). The molecule has 156 valence electrons. The molecule has 0 aliphatic heterocycles. The smallest absolute Gasteiger partial charge is 0.234 e. The molecule has 28 heavy (non-hydrogen) atoms. The molecule has 4 N–H and O–H groups in total. The van der Waals surface area contributed by atoms with E-state index in [9.17, 15) is 9.59 Å². The first-order valence-corrected chi connectivity index (χ1v) is 11.0. The van der Waals surface area contributed by atoms with Crippen molar-refractivity contribution in [3.05, 3.63) is 29.8 Å². The molecule has 7 heteroatoms. The summed E-state index contributed by atoms with van der Waals surface area (Å²) >= 11 is 1.38. The fraction of sp³-hybridized carbons (Fsp3) is 0.619. The Morgan fingerprint density at radius 1 is 1.18 bits per heavy atom. The number of nitrogens with two attached hydrogens (primary N) is 1. The number of amides is 2. The van der Waals surface area contributed by atoms with Gasteiger partial charge in [-0.05, 0) is 63.5 Å². The van der Waals surface area contributed by atoms with Crippen molar-refractivity contribution in [3.63, 3.8) is 0 Å². The summed E-state index contributed by atoms with van der Waals surface area (Å²) in [7, 11) is 0. The van der Waals surface area contributed by atoms with Crippen LogP contribution in [0.25, 0.3) is 0 Å². The highest BCUT2D eigenvalue weighted by molar-refractivity contribution is 8.01. The number of fused-ring (bicyclic) bond motifs is 2. The molecule has 2 amide bonds. The highest BCUT2D eigenvalue weighted by atomic mass is 35.5. The second-order valence-electron chi connectivity index (χ2n) is 8.08. The monoisotopic (exact) mass is 425 g/mol. The minimum Gasteiger partial charge on any atom is -0.352 e. The highest BCUT2D eigenvalue weighted by Crippen LogP contribution is 2.39. The molecule has 2 saturated carbocycles. The first kappa shape index (κ1) is 23.0. The quantitative estimate of drug-likeness (QED) is 0.651. The summed E-state index contributed by atoms with van der Waals surface area (Å²) in [6.07, 6.45) is 5.60. The summed E-state index contributed by atoms with van der Waals surface area (Å²) in [6.45, 7) is 3.89. The minimum absolute atomic E-state index is 0. The van der Waals surface area contributed by atoms with Gasteiger partial charge in [0.15, 0.2) is 0 Å².